The van der Waals surface area contributed by atoms with Crippen LogP contribution in [0, 0.1) is 17.1 Å². The highest BCUT2D eigenvalue weighted by Gasteiger charge is 2.19. The second-order valence-corrected chi connectivity index (χ2v) is 6.15. The zero-order chi connectivity index (χ0) is 19.8. The first kappa shape index (κ1) is 16.8. The van der Waals surface area contributed by atoms with Gasteiger partial charge in [0.2, 0.25) is 0 Å². The standard InChI is InChI=1S/C19H12FN9/c20-13-3-4-14-17(12(13)6-21)29(11-2-1-5-22-7-11)15(28-14)8-23-18-16-19(25-9-24-16)27-10-26-18/h1-5,7,9-10H,8H2,(H2,23,24,25,26,27). The van der Waals surface area contributed by atoms with Gasteiger partial charge in [0, 0.05) is 6.20 Å². The van der Waals surface area contributed by atoms with Crippen LogP contribution in [0.4, 0.5) is 10.2 Å². The fourth-order valence-corrected chi connectivity index (χ4v) is 3.24. The summed E-state index contributed by atoms with van der Waals surface area (Å²) in [6.45, 7) is 0.265. The fourth-order valence-electron chi connectivity index (χ4n) is 3.24. The third-order valence-corrected chi connectivity index (χ3v) is 4.49. The number of nitrogens with zero attached hydrogens (tertiary/aromatic N) is 7. The molecule has 0 bridgehead atoms. The summed E-state index contributed by atoms with van der Waals surface area (Å²) < 4.78 is 16.0. The number of fused-ring (bicyclic) bond motifs is 2. The first-order valence-corrected chi connectivity index (χ1v) is 8.64. The van der Waals surface area contributed by atoms with E-state index in [1.165, 1.54) is 18.7 Å². The van der Waals surface area contributed by atoms with Gasteiger partial charge in [0.1, 0.15) is 35.1 Å². The molecule has 0 aliphatic heterocycles. The molecule has 0 amide bonds. The lowest BCUT2D eigenvalue weighted by molar-refractivity contribution is 0.625. The Morgan fingerprint density at radius 3 is 2.97 bits per heavy atom. The minimum atomic E-state index is -0.598. The van der Waals surface area contributed by atoms with Crippen LogP contribution < -0.4 is 5.32 Å². The van der Waals surface area contributed by atoms with Crippen molar-refractivity contribution in [3.05, 3.63) is 66.5 Å². The number of benzene rings is 1. The van der Waals surface area contributed by atoms with Gasteiger partial charge in [0.05, 0.1) is 35.8 Å². The Morgan fingerprint density at radius 2 is 2.14 bits per heavy atom. The Balaban J connectivity index is 1.66. The topological polar surface area (TPSA) is 121 Å². The van der Waals surface area contributed by atoms with Crippen molar-refractivity contribution in [2.24, 2.45) is 0 Å². The van der Waals surface area contributed by atoms with E-state index in [0.717, 1.165) is 0 Å². The average molecular weight is 385 g/mol. The number of halogens is 1. The summed E-state index contributed by atoms with van der Waals surface area (Å²) in [4.78, 5) is 24.2. The number of anilines is 1. The molecule has 0 saturated heterocycles. The number of hydrogen-bond donors (Lipinski definition) is 2. The van der Waals surface area contributed by atoms with Crippen molar-refractivity contribution in [3.63, 3.8) is 0 Å². The maximum absolute atomic E-state index is 14.3. The molecule has 5 rings (SSSR count). The van der Waals surface area contributed by atoms with Crippen LogP contribution >= 0.6 is 0 Å². The van der Waals surface area contributed by atoms with Crippen molar-refractivity contribution >= 4 is 28.0 Å². The normalized spacial score (nSPS) is 11.0. The maximum atomic E-state index is 14.3. The average Bonchev–Trinajstić information content (AvgIpc) is 3.37. The lowest BCUT2D eigenvalue weighted by Gasteiger charge is -2.11. The van der Waals surface area contributed by atoms with E-state index in [1.54, 1.807) is 29.1 Å². The molecule has 10 heteroatoms. The van der Waals surface area contributed by atoms with Gasteiger partial charge in [0.25, 0.3) is 0 Å². The molecular formula is C19H12FN9. The summed E-state index contributed by atoms with van der Waals surface area (Å²) in [7, 11) is 0. The number of pyridine rings is 1. The summed E-state index contributed by atoms with van der Waals surface area (Å²) >= 11 is 0. The zero-order valence-electron chi connectivity index (χ0n) is 14.8. The van der Waals surface area contributed by atoms with Crippen molar-refractivity contribution < 1.29 is 4.39 Å². The third kappa shape index (κ3) is 2.72. The van der Waals surface area contributed by atoms with Gasteiger partial charge in [0.15, 0.2) is 11.5 Å². The van der Waals surface area contributed by atoms with Crippen LogP contribution in [0.2, 0.25) is 0 Å². The van der Waals surface area contributed by atoms with E-state index in [9.17, 15) is 9.65 Å². The maximum Gasteiger partial charge on any atom is 0.182 e. The van der Waals surface area contributed by atoms with Gasteiger partial charge in [-0.15, -0.1) is 0 Å². The molecule has 9 nitrogen and oxygen atoms in total. The van der Waals surface area contributed by atoms with Crippen molar-refractivity contribution in [3.8, 4) is 11.8 Å². The summed E-state index contributed by atoms with van der Waals surface area (Å²) in [6, 6.07) is 8.34. The summed E-state index contributed by atoms with van der Waals surface area (Å²) in [5, 5.41) is 12.7. The van der Waals surface area contributed by atoms with Gasteiger partial charge in [-0.1, -0.05) is 0 Å². The number of aromatic nitrogens is 7. The summed E-state index contributed by atoms with van der Waals surface area (Å²) in [5.41, 5.74) is 2.72. The van der Waals surface area contributed by atoms with Crippen LogP contribution in [0.5, 0.6) is 0 Å². The Hall–Kier alpha value is -4.39. The van der Waals surface area contributed by atoms with Crippen LogP contribution in [0.3, 0.4) is 0 Å². The van der Waals surface area contributed by atoms with Crippen LogP contribution in [0.25, 0.3) is 27.9 Å². The highest BCUT2D eigenvalue weighted by molar-refractivity contribution is 5.85. The van der Waals surface area contributed by atoms with Gasteiger partial charge < -0.3 is 10.3 Å². The number of aromatic amines is 1. The minimum Gasteiger partial charge on any atom is -0.361 e. The first-order chi connectivity index (χ1) is 14.3. The zero-order valence-corrected chi connectivity index (χ0v) is 14.8. The summed E-state index contributed by atoms with van der Waals surface area (Å²) in [5.74, 6) is 0.532. The lowest BCUT2D eigenvalue weighted by atomic mass is 10.2. The molecule has 0 unspecified atom stereocenters. The van der Waals surface area contributed by atoms with Crippen LogP contribution in [-0.4, -0.2) is 34.5 Å². The quantitative estimate of drug-likeness (QED) is 0.488. The molecule has 0 radical (unpaired) electrons. The van der Waals surface area contributed by atoms with E-state index in [1.807, 2.05) is 12.1 Å². The molecule has 0 saturated carbocycles. The van der Waals surface area contributed by atoms with Crippen LogP contribution in [0.15, 0.2) is 49.3 Å². The first-order valence-electron chi connectivity index (χ1n) is 8.64. The number of H-pyrrole nitrogens is 1. The van der Waals surface area contributed by atoms with E-state index in [-0.39, 0.29) is 12.1 Å². The van der Waals surface area contributed by atoms with Crippen molar-refractivity contribution in [2.45, 2.75) is 6.54 Å². The highest BCUT2D eigenvalue weighted by Crippen LogP contribution is 2.27. The molecular weight excluding hydrogens is 373 g/mol. The molecule has 1 aromatic carbocycles. The number of nitrogens with one attached hydrogen (secondary N) is 2. The van der Waals surface area contributed by atoms with E-state index in [4.69, 9.17) is 0 Å². The third-order valence-electron chi connectivity index (χ3n) is 4.49. The van der Waals surface area contributed by atoms with Gasteiger partial charge in [-0.05, 0) is 24.3 Å². The van der Waals surface area contributed by atoms with Crippen LogP contribution in [0.1, 0.15) is 11.4 Å². The van der Waals surface area contributed by atoms with Crippen molar-refractivity contribution in [1.82, 2.24) is 34.5 Å². The minimum absolute atomic E-state index is 0.0666. The molecule has 0 aliphatic carbocycles. The molecule has 0 aliphatic rings. The molecule has 140 valence electrons. The lowest BCUT2D eigenvalue weighted by Crippen LogP contribution is -2.09. The molecule has 2 N–H and O–H groups in total. The van der Waals surface area contributed by atoms with Crippen molar-refractivity contribution in [2.75, 3.05) is 5.32 Å². The van der Waals surface area contributed by atoms with Gasteiger partial charge in [-0.3, -0.25) is 9.55 Å². The molecule has 0 fully saturated rings. The van der Waals surface area contributed by atoms with Crippen molar-refractivity contribution in [1.29, 1.82) is 5.26 Å². The largest absolute Gasteiger partial charge is 0.361 e. The number of hydrogen-bond acceptors (Lipinski definition) is 7. The number of imidazole rings is 2. The van der Waals surface area contributed by atoms with Crippen LogP contribution in [-0.2, 0) is 6.54 Å². The van der Waals surface area contributed by atoms with E-state index < -0.39 is 5.82 Å². The second kappa shape index (κ2) is 6.65. The van der Waals surface area contributed by atoms with E-state index in [2.05, 4.69) is 35.2 Å². The number of nitriles is 1. The second-order valence-electron chi connectivity index (χ2n) is 6.15. The van der Waals surface area contributed by atoms with Gasteiger partial charge >= 0.3 is 0 Å². The predicted octanol–water partition coefficient (Wildman–Crippen LogP) is 2.71. The SMILES string of the molecule is N#Cc1c(F)ccc2nc(CNc3ncnc4nc[nH]c34)n(-c3cccnc3)c12. The fraction of sp³-hybridized carbons (Fsp3) is 0.0526. The molecule has 0 atom stereocenters. The van der Waals surface area contributed by atoms with Gasteiger partial charge in [-0.2, -0.15) is 5.26 Å². The van der Waals surface area contributed by atoms with E-state index in [0.29, 0.717) is 39.5 Å². The smallest absolute Gasteiger partial charge is 0.182 e. The van der Waals surface area contributed by atoms with E-state index >= 15 is 0 Å². The predicted molar refractivity (Wildman–Crippen MR) is 103 cm³/mol. The Labute approximate surface area is 162 Å². The van der Waals surface area contributed by atoms with Gasteiger partial charge in [-0.25, -0.2) is 24.3 Å². The highest BCUT2D eigenvalue weighted by atomic mass is 19.1. The monoisotopic (exact) mass is 385 g/mol. The Kier molecular flexibility index (Phi) is 3.84. The molecule has 0 spiro atoms. The molecule has 4 heterocycles. The number of rotatable bonds is 4. The Morgan fingerprint density at radius 1 is 1.21 bits per heavy atom. The molecule has 29 heavy (non-hydrogen) atoms. The molecule has 5 aromatic rings. The Bertz CT molecular complexity index is 1380. The summed E-state index contributed by atoms with van der Waals surface area (Å²) in [6.07, 6.45) is 6.23. The molecule has 4 aromatic heterocycles.